The van der Waals surface area contributed by atoms with E-state index >= 15 is 0 Å². The highest BCUT2D eigenvalue weighted by Crippen LogP contribution is 2.32. The number of carbonyl (C=O) groups excluding carboxylic acids is 2. The van der Waals surface area contributed by atoms with Gasteiger partial charge in [0.1, 0.15) is 5.75 Å². The van der Waals surface area contributed by atoms with Crippen LogP contribution in [0, 0.1) is 13.8 Å². The van der Waals surface area contributed by atoms with Gasteiger partial charge in [-0.1, -0.05) is 6.07 Å². The van der Waals surface area contributed by atoms with Gasteiger partial charge >= 0.3 is 0 Å². The average Bonchev–Trinajstić information content (AvgIpc) is 2.96. The summed E-state index contributed by atoms with van der Waals surface area (Å²) in [5.74, 6) is 0.286. The van der Waals surface area contributed by atoms with Crippen LogP contribution in [0.25, 0.3) is 10.9 Å². The number of aromatic amines is 1. The molecule has 0 radical (unpaired) electrons. The molecule has 2 N–H and O–H groups in total. The van der Waals surface area contributed by atoms with Gasteiger partial charge in [0.15, 0.2) is 6.61 Å². The molecule has 6 nitrogen and oxygen atoms in total. The molecule has 3 aromatic rings. The predicted octanol–water partition coefficient (Wildman–Crippen LogP) is 3.07. The SMILES string of the molecule is Cc1[nH]c2ccc(CNC(=O)c3ccc4c(c3)N(C)C(=O)CO4)cc2c1C. The fourth-order valence-electron chi connectivity index (χ4n) is 3.32. The Morgan fingerprint density at radius 3 is 2.85 bits per heavy atom. The largest absolute Gasteiger partial charge is 0.482 e. The van der Waals surface area contributed by atoms with E-state index in [0.29, 0.717) is 23.5 Å². The smallest absolute Gasteiger partial charge is 0.264 e. The molecule has 1 aromatic heterocycles. The van der Waals surface area contributed by atoms with Crippen molar-refractivity contribution in [2.24, 2.45) is 0 Å². The average molecular weight is 363 g/mol. The van der Waals surface area contributed by atoms with E-state index in [4.69, 9.17) is 4.74 Å². The predicted molar refractivity (Wildman–Crippen MR) is 104 cm³/mol. The molecule has 4 rings (SSSR count). The Bertz CT molecular complexity index is 1070. The van der Waals surface area contributed by atoms with Crippen LogP contribution in [0.3, 0.4) is 0 Å². The van der Waals surface area contributed by atoms with Crippen molar-refractivity contribution in [3.63, 3.8) is 0 Å². The molecular weight excluding hydrogens is 342 g/mol. The number of amides is 2. The lowest BCUT2D eigenvalue weighted by Crippen LogP contribution is -2.35. The van der Waals surface area contributed by atoms with E-state index in [-0.39, 0.29) is 18.4 Å². The van der Waals surface area contributed by atoms with Crippen molar-refractivity contribution in [1.82, 2.24) is 10.3 Å². The quantitative estimate of drug-likeness (QED) is 0.751. The van der Waals surface area contributed by atoms with Crippen LogP contribution in [0.15, 0.2) is 36.4 Å². The maximum absolute atomic E-state index is 12.6. The molecule has 1 aliphatic rings. The van der Waals surface area contributed by atoms with Gasteiger partial charge in [0, 0.05) is 35.8 Å². The van der Waals surface area contributed by atoms with E-state index in [2.05, 4.69) is 30.2 Å². The van der Waals surface area contributed by atoms with Crippen LogP contribution >= 0.6 is 0 Å². The Kier molecular flexibility index (Phi) is 4.11. The second-order valence-corrected chi connectivity index (χ2v) is 6.86. The molecular formula is C21H21N3O3. The lowest BCUT2D eigenvalue weighted by atomic mass is 10.1. The number of hydrogen-bond acceptors (Lipinski definition) is 3. The van der Waals surface area contributed by atoms with E-state index in [1.807, 2.05) is 12.1 Å². The first kappa shape index (κ1) is 17.1. The number of H-pyrrole nitrogens is 1. The maximum atomic E-state index is 12.6. The number of hydrogen-bond donors (Lipinski definition) is 2. The molecule has 6 heteroatoms. The van der Waals surface area contributed by atoms with Gasteiger partial charge in [-0.15, -0.1) is 0 Å². The minimum atomic E-state index is -0.189. The third-order valence-electron chi connectivity index (χ3n) is 5.13. The zero-order valence-electron chi connectivity index (χ0n) is 15.6. The third kappa shape index (κ3) is 3.03. The fraction of sp³-hybridized carbons (Fsp3) is 0.238. The monoisotopic (exact) mass is 363 g/mol. The molecule has 1 aliphatic heterocycles. The van der Waals surface area contributed by atoms with Crippen molar-refractivity contribution in [3.05, 3.63) is 58.8 Å². The topological polar surface area (TPSA) is 74.4 Å². The molecule has 138 valence electrons. The molecule has 2 amide bonds. The first-order chi connectivity index (χ1) is 12.9. The van der Waals surface area contributed by atoms with Gasteiger partial charge in [0.25, 0.3) is 11.8 Å². The summed E-state index contributed by atoms with van der Waals surface area (Å²) in [7, 11) is 1.68. The number of anilines is 1. The summed E-state index contributed by atoms with van der Waals surface area (Å²) >= 11 is 0. The summed E-state index contributed by atoms with van der Waals surface area (Å²) in [6.07, 6.45) is 0. The molecule has 0 fully saturated rings. The van der Waals surface area contributed by atoms with Crippen LogP contribution in [0.1, 0.15) is 27.2 Å². The Hall–Kier alpha value is -3.28. The molecule has 0 bridgehead atoms. The number of aromatic nitrogens is 1. The van der Waals surface area contributed by atoms with Crippen molar-refractivity contribution in [2.45, 2.75) is 20.4 Å². The van der Waals surface area contributed by atoms with Gasteiger partial charge in [-0.3, -0.25) is 9.59 Å². The highest BCUT2D eigenvalue weighted by atomic mass is 16.5. The molecule has 0 aliphatic carbocycles. The molecule has 2 aromatic carbocycles. The number of benzene rings is 2. The van der Waals surface area contributed by atoms with Crippen molar-refractivity contribution in [3.8, 4) is 5.75 Å². The van der Waals surface area contributed by atoms with E-state index in [1.165, 1.54) is 15.8 Å². The molecule has 0 unspecified atom stereocenters. The van der Waals surface area contributed by atoms with Gasteiger partial charge in [-0.2, -0.15) is 0 Å². The van der Waals surface area contributed by atoms with E-state index in [9.17, 15) is 9.59 Å². The number of carbonyl (C=O) groups is 2. The van der Waals surface area contributed by atoms with Crippen LogP contribution in [0.5, 0.6) is 5.75 Å². The molecule has 27 heavy (non-hydrogen) atoms. The van der Waals surface area contributed by atoms with Gasteiger partial charge in [-0.05, 0) is 55.3 Å². The number of nitrogens with zero attached hydrogens (tertiary/aromatic N) is 1. The summed E-state index contributed by atoms with van der Waals surface area (Å²) in [6.45, 7) is 4.60. The molecule has 0 spiro atoms. The summed E-state index contributed by atoms with van der Waals surface area (Å²) < 4.78 is 5.40. The Labute approximate surface area is 157 Å². The molecule has 0 saturated carbocycles. The minimum absolute atomic E-state index is 0.0234. The Morgan fingerprint density at radius 2 is 2.04 bits per heavy atom. The number of aryl methyl sites for hydroxylation is 2. The second kappa shape index (κ2) is 6.46. The van der Waals surface area contributed by atoms with Crippen LogP contribution in [0.2, 0.25) is 0 Å². The molecule has 2 heterocycles. The lowest BCUT2D eigenvalue weighted by molar-refractivity contribution is -0.120. The normalized spacial score (nSPS) is 13.4. The summed E-state index contributed by atoms with van der Waals surface area (Å²) in [5.41, 5.74) is 5.61. The van der Waals surface area contributed by atoms with Crippen LogP contribution < -0.4 is 15.0 Å². The van der Waals surface area contributed by atoms with E-state index in [0.717, 1.165) is 16.8 Å². The lowest BCUT2D eigenvalue weighted by Gasteiger charge is -2.26. The molecule has 0 atom stereocenters. The standard InChI is InChI=1S/C21H21N3O3/c1-12-13(2)23-17-6-4-14(8-16(12)17)10-22-21(26)15-5-7-19-18(9-15)24(3)20(25)11-27-19/h4-9,23H,10-11H2,1-3H3,(H,22,26). The van der Waals surface area contributed by atoms with Crippen molar-refractivity contribution < 1.29 is 14.3 Å². The van der Waals surface area contributed by atoms with E-state index < -0.39 is 0 Å². The molecule has 0 saturated heterocycles. The third-order valence-corrected chi connectivity index (χ3v) is 5.13. The minimum Gasteiger partial charge on any atom is -0.482 e. The first-order valence-corrected chi connectivity index (χ1v) is 8.83. The van der Waals surface area contributed by atoms with Crippen molar-refractivity contribution in [2.75, 3.05) is 18.6 Å². The Balaban J connectivity index is 1.51. The Morgan fingerprint density at radius 1 is 1.22 bits per heavy atom. The van der Waals surface area contributed by atoms with Gasteiger partial charge in [0.2, 0.25) is 0 Å². The van der Waals surface area contributed by atoms with Gasteiger partial charge in [-0.25, -0.2) is 0 Å². The van der Waals surface area contributed by atoms with Crippen molar-refractivity contribution >= 4 is 28.4 Å². The first-order valence-electron chi connectivity index (χ1n) is 8.83. The summed E-state index contributed by atoms with van der Waals surface area (Å²) in [4.78, 5) is 29.2. The summed E-state index contributed by atoms with van der Waals surface area (Å²) in [5, 5.41) is 4.12. The van der Waals surface area contributed by atoms with Gasteiger partial charge < -0.3 is 19.9 Å². The van der Waals surface area contributed by atoms with E-state index in [1.54, 1.807) is 25.2 Å². The number of ether oxygens (including phenoxy) is 1. The zero-order valence-corrected chi connectivity index (χ0v) is 15.6. The number of nitrogens with one attached hydrogen (secondary N) is 2. The summed E-state index contributed by atoms with van der Waals surface area (Å²) in [6, 6.07) is 11.3. The number of likely N-dealkylation sites (N-methyl/N-ethyl adjacent to an activating group) is 1. The second-order valence-electron chi connectivity index (χ2n) is 6.86. The highest BCUT2D eigenvalue weighted by molar-refractivity contribution is 6.01. The zero-order chi connectivity index (χ0) is 19.1. The fourth-order valence-corrected chi connectivity index (χ4v) is 3.32. The van der Waals surface area contributed by atoms with Crippen LogP contribution in [-0.4, -0.2) is 30.5 Å². The maximum Gasteiger partial charge on any atom is 0.264 e. The number of fused-ring (bicyclic) bond motifs is 2. The van der Waals surface area contributed by atoms with Crippen molar-refractivity contribution in [1.29, 1.82) is 0 Å². The number of rotatable bonds is 3. The van der Waals surface area contributed by atoms with Crippen LogP contribution in [0.4, 0.5) is 5.69 Å². The van der Waals surface area contributed by atoms with Gasteiger partial charge in [0.05, 0.1) is 5.69 Å². The van der Waals surface area contributed by atoms with Crippen LogP contribution in [-0.2, 0) is 11.3 Å². The highest BCUT2D eigenvalue weighted by Gasteiger charge is 2.23.